The molecule has 2 aliphatic rings. The second-order valence-electron chi connectivity index (χ2n) is 8.45. The molecule has 2 aliphatic heterocycles. The Morgan fingerprint density at radius 3 is 2.44 bits per heavy atom. The molecule has 10 nitrogen and oxygen atoms in total. The number of nitrogens with one attached hydrogen (secondary N) is 2. The first-order chi connectivity index (χ1) is 15.3. The Hall–Kier alpha value is -2.56. The predicted octanol–water partition coefficient (Wildman–Crippen LogP) is -0.0693. The third kappa shape index (κ3) is 5.81. The molecule has 0 aromatic heterocycles. The van der Waals surface area contributed by atoms with Crippen LogP contribution in [0.5, 0.6) is 5.75 Å². The summed E-state index contributed by atoms with van der Waals surface area (Å²) in [5.74, 6) is 0.664. The number of methoxy groups -OCH3 is 1. The molecule has 10 heteroatoms. The monoisotopic (exact) mass is 450 g/mol. The molecule has 0 unspecified atom stereocenters. The first-order valence-corrected chi connectivity index (χ1v) is 11.0. The summed E-state index contributed by atoms with van der Waals surface area (Å²) in [6.45, 7) is 6.13. The maximum Gasteiger partial charge on any atom is 0.315 e. The van der Waals surface area contributed by atoms with E-state index in [1.54, 1.807) is 12.0 Å². The zero-order valence-electron chi connectivity index (χ0n) is 18.9. The maximum absolute atomic E-state index is 12.8. The lowest BCUT2D eigenvalue weighted by Gasteiger charge is -2.37. The summed E-state index contributed by atoms with van der Waals surface area (Å²) < 4.78 is 11.1. The lowest BCUT2D eigenvalue weighted by molar-refractivity contribution is -0.135. The molecule has 1 aromatic rings. The number of aliphatic hydroxyl groups is 2. The largest absolute Gasteiger partial charge is 0.495 e. The molecule has 0 bridgehead atoms. The number of piperazine rings is 1. The van der Waals surface area contributed by atoms with E-state index in [4.69, 9.17) is 9.47 Å². The average molecular weight is 451 g/mol. The van der Waals surface area contributed by atoms with Crippen molar-refractivity contribution in [1.29, 1.82) is 0 Å². The normalized spacial score (nSPS) is 25.7. The summed E-state index contributed by atoms with van der Waals surface area (Å²) in [5.41, 5.74) is 0.997. The molecule has 32 heavy (non-hydrogen) atoms. The number of benzene rings is 1. The number of carbonyl (C=O) groups is 2. The highest BCUT2D eigenvalue weighted by atomic mass is 16.5. The Morgan fingerprint density at radius 2 is 1.78 bits per heavy atom. The van der Waals surface area contributed by atoms with Gasteiger partial charge in [0.1, 0.15) is 24.1 Å². The van der Waals surface area contributed by atoms with Crippen LogP contribution in [0.4, 0.5) is 10.5 Å². The number of anilines is 1. The highest BCUT2D eigenvalue weighted by Crippen LogP contribution is 2.29. The fourth-order valence-corrected chi connectivity index (χ4v) is 4.06. The van der Waals surface area contributed by atoms with Gasteiger partial charge in [-0.25, -0.2) is 4.79 Å². The Labute approximate surface area is 188 Å². The Morgan fingerprint density at radius 1 is 1.12 bits per heavy atom. The average Bonchev–Trinajstić information content (AvgIpc) is 3.05. The molecule has 2 saturated heterocycles. The molecule has 4 N–H and O–H groups in total. The molecular formula is C22H34N4O6. The summed E-state index contributed by atoms with van der Waals surface area (Å²) in [4.78, 5) is 28.5. The molecule has 3 amide bonds. The molecule has 3 rings (SSSR count). The molecule has 0 radical (unpaired) electrons. The number of para-hydroxylation sites is 2. The van der Waals surface area contributed by atoms with Gasteiger partial charge < -0.3 is 40.1 Å². The topological polar surface area (TPSA) is 124 Å². The number of hydrogen-bond donors (Lipinski definition) is 4. The second-order valence-corrected chi connectivity index (χ2v) is 8.45. The standard InChI is InChI=1S/C22H34N4O6/c1-14(2)24-22(30)23-13-18-21(29)20(28)17(32-18)12-19(27)26-10-8-25(9-11-26)15-6-4-5-7-16(15)31-3/h4-7,14,17-18,20-21,28-29H,8-13H2,1-3H3,(H2,23,24,30)/t17-,18-,20-,21+/m0/s1. The number of ether oxygens (including phenoxy) is 2. The van der Waals surface area contributed by atoms with Gasteiger partial charge in [-0.05, 0) is 26.0 Å². The highest BCUT2D eigenvalue weighted by molar-refractivity contribution is 5.77. The first kappa shape index (κ1) is 24.1. The van der Waals surface area contributed by atoms with Gasteiger partial charge in [0.05, 0.1) is 25.3 Å². The summed E-state index contributed by atoms with van der Waals surface area (Å²) in [6, 6.07) is 7.38. The van der Waals surface area contributed by atoms with E-state index in [1.807, 2.05) is 38.1 Å². The van der Waals surface area contributed by atoms with E-state index in [-0.39, 0.29) is 30.9 Å². The third-order valence-electron chi connectivity index (χ3n) is 5.78. The van der Waals surface area contributed by atoms with Crippen LogP contribution in [0.15, 0.2) is 24.3 Å². The van der Waals surface area contributed by atoms with Crippen LogP contribution in [0.2, 0.25) is 0 Å². The van der Waals surface area contributed by atoms with Gasteiger partial charge in [-0.2, -0.15) is 0 Å². The number of rotatable bonds is 7. The Kier molecular flexibility index (Phi) is 8.16. The molecule has 0 aliphatic carbocycles. The van der Waals surface area contributed by atoms with Gasteiger partial charge in [0.25, 0.3) is 0 Å². The molecule has 4 atom stereocenters. The summed E-state index contributed by atoms with van der Waals surface area (Å²) in [5, 5.41) is 25.9. The van der Waals surface area contributed by atoms with Gasteiger partial charge >= 0.3 is 6.03 Å². The Balaban J connectivity index is 1.48. The summed E-state index contributed by atoms with van der Waals surface area (Å²) in [7, 11) is 1.64. The number of urea groups is 1. The lowest BCUT2D eigenvalue weighted by Crippen LogP contribution is -2.50. The molecule has 2 fully saturated rings. The van der Waals surface area contributed by atoms with Gasteiger partial charge in [0.15, 0.2) is 0 Å². The molecular weight excluding hydrogens is 416 g/mol. The van der Waals surface area contributed by atoms with Gasteiger partial charge in [0, 0.05) is 38.8 Å². The van der Waals surface area contributed by atoms with E-state index in [1.165, 1.54) is 0 Å². The summed E-state index contributed by atoms with van der Waals surface area (Å²) in [6.07, 6.45) is -3.97. The van der Waals surface area contributed by atoms with Crippen molar-refractivity contribution in [2.45, 2.75) is 50.7 Å². The fraction of sp³-hybridized carbons (Fsp3) is 0.636. The minimum atomic E-state index is -1.19. The van der Waals surface area contributed by atoms with Gasteiger partial charge in [-0.1, -0.05) is 12.1 Å². The quantitative estimate of drug-likeness (QED) is 0.459. The smallest absolute Gasteiger partial charge is 0.315 e. The minimum Gasteiger partial charge on any atom is -0.495 e. The van der Waals surface area contributed by atoms with Crippen molar-refractivity contribution in [3.63, 3.8) is 0 Å². The maximum atomic E-state index is 12.8. The van der Waals surface area contributed by atoms with E-state index < -0.39 is 24.4 Å². The van der Waals surface area contributed by atoms with Crippen LogP contribution in [0.3, 0.4) is 0 Å². The van der Waals surface area contributed by atoms with Crippen LogP contribution < -0.4 is 20.3 Å². The zero-order chi connectivity index (χ0) is 23.3. The zero-order valence-corrected chi connectivity index (χ0v) is 18.9. The predicted molar refractivity (Wildman–Crippen MR) is 119 cm³/mol. The van der Waals surface area contributed by atoms with Gasteiger partial charge in [0.2, 0.25) is 5.91 Å². The van der Waals surface area contributed by atoms with Crippen molar-refractivity contribution in [3.05, 3.63) is 24.3 Å². The van der Waals surface area contributed by atoms with Crippen LogP contribution in [-0.4, -0.2) is 97.3 Å². The van der Waals surface area contributed by atoms with Gasteiger partial charge in [-0.3, -0.25) is 4.79 Å². The van der Waals surface area contributed by atoms with Crippen molar-refractivity contribution in [2.75, 3.05) is 44.7 Å². The van der Waals surface area contributed by atoms with Crippen LogP contribution in [0.1, 0.15) is 20.3 Å². The molecule has 178 valence electrons. The van der Waals surface area contributed by atoms with E-state index in [0.717, 1.165) is 11.4 Å². The van der Waals surface area contributed by atoms with Crippen molar-refractivity contribution >= 4 is 17.6 Å². The van der Waals surface area contributed by atoms with Crippen molar-refractivity contribution in [3.8, 4) is 5.75 Å². The minimum absolute atomic E-state index is 0.0242. The summed E-state index contributed by atoms with van der Waals surface area (Å²) >= 11 is 0. The van der Waals surface area contributed by atoms with E-state index >= 15 is 0 Å². The van der Waals surface area contributed by atoms with Crippen LogP contribution in [0, 0.1) is 0 Å². The number of aliphatic hydroxyl groups excluding tert-OH is 2. The van der Waals surface area contributed by atoms with Crippen molar-refractivity contribution < 1.29 is 29.3 Å². The Bertz CT molecular complexity index is 783. The van der Waals surface area contributed by atoms with E-state index in [9.17, 15) is 19.8 Å². The third-order valence-corrected chi connectivity index (χ3v) is 5.78. The van der Waals surface area contributed by atoms with Crippen LogP contribution in [0.25, 0.3) is 0 Å². The van der Waals surface area contributed by atoms with Crippen LogP contribution >= 0.6 is 0 Å². The van der Waals surface area contributed by atoms with Crippen molar-refractivity contribution in [2.24, 2.45) is 0 Å². The number of hydrogen-bond acceptors (Lipinski definition) is 7. The fourth-order valence-electron chi connectivity index (χ4n) is 4.06. The van der Waals surface area contributed by atoms with Gasteiger partial charge in [-0.15, -0.1) is 0 Å². The molecule has 2 heterocycles. The molecule has 1 aromatic carbocycles. The second kappa shape index (κ2) is 10.8. The molecule has 0 spiro atoms. The van der Waals surface area contributed by atoms with Crippen molar-refractivity contribution in [1.82, 2.24) is 15.5 Å². The van der Waals surface area contributed by atoms with Crippen LogP contribution in [-0.2, 0) is 9.53 Å². The number of carbonyl (C=O) groups excluding carboxylic acids is 2. The SMILES string of the molecule is COc1ccccc1N1CCN(C(=O)C[C@@H]2O[C@@H](CNC(=O)NC(C)C)[C@@H](O)[C@H]2O)CC1. The first-order valence-electron chi connectivity index (χ1n) is 11.0. The van der Waals surface area contributed by atoms with E-state index in [2.05, 4.69) is 15.5 Å². The lowest BCUT2D eigenvalue weighted by atomic mass is 10.0. The highest BCUT2D eigenvalue weighted by Gasteiger charge is 2.44. The van der Waals surface area contributed by atoms with E-state index in [0.29, 0.717) is 26.2 Å². The number of nitrogens with zero attached hydrogens (tertiary/aromatic N) is 2. The number of amides is 3. The molecule has 0 saturated carbocycles.